The molecule has 1 aliphatic rings. The van der Waals surface area contributed by atoms with Crippen LogP contribution in [0.5, 0.6) is 0 Å². The van der Waals surface area contributed by atoms with E-state index in [0.29, 0.717) is 12.5 Å². The predicted octanol–water partition coefficient (Wildman–Crippen LogP) is 2.56. The average molecular weight is 208 g/mol. The number of Topliss-reactive ketones (excluding diaryl/α,β-unsaturated/α-hetero) is 1. The first-order valence-electron chi connectivity index (χ1n) is 5.75. The van der Waals surface area contributed by atoms with Crippen molar-refractivity contribution in [2.45, 2.75) is 51.6 Å². The van der Waals surface area contributed by atoms with E-state index in [2.05, 4.69) is 12.8 Å². The third kappa shape index (κ3) is 2.82. The Labute approximate surface area is 92.4 Å². The molecular weight excluding hydrogens is 188 g/mol. The lowest BCUT2D eigenvalue weighted by molar-refractivity contribution is -0.149. The second kappa shape index (κ2) is 5.32. The number of ether oxygens (including phenoxy) is 1. The zero-order valence-corrected chi connectivity index (χ0v) is 9.71. The molecule has 0 bridgehead atoms. The molecule has 0 spiro atoms. The Bertz CT molecular complexity index is 254. The van der Waals surface area contributed by atoms with Crippen LogP contribution in [-0.2, 0) is 9.53 Å². The summed E-state index contributed by atoms with van der Waals surface area (Å²) < 4.78 is 5.69. The minimum atomic E-state index is -0.562. The quantitative estimate of drug-likeness (QED) is 0.664. The van der Waals surface area contributed by atoms with Crippen LogP contribution in [0, 0.1) is 18.3 Å². The van der Waals surface area contributed by atoms with Crippen LogP contribution < -0.4 is 0 Å². The van der Waals surface area contributed by atoms with E-state index in [1.807, 2.05) is 6.92 Å². The van der Waals surface area contributed by atoms with Gasteiger partial charge in [-0.3, -0.25) is 4.79 Å². The summed E-state index contributed by atoms with van der Waals surface area (Å²) in [5.74, 6) is 3.23. The number of rotatable bonds is 4. The molecule has 0 atom stereocenters. The Balaban J connectivity index is 2.71. The van der Waals surface area contributed by atoms with Crippen molar-refractivity contribution < 1.29 is 9.53 Å². The van der Waals surface area contributed by atoms with Crippen LogP contribution in [0.2, 0.25) is 0 Å². The number of terminal acetylenes is 1. The maximum atomic E-state index is 11.9. The maximum Gasteiger partial charge on any atom is 0.176 e. The summed E-state index contributed by atoms with van der Waals surface area (Å²) in [7, 11) is 0. The topological polar surface area (TPSA) is 26.3 Å². The first kappa shape index (κ1) is 12.3. The minimum absolute atomic E-state index is 0.0961. The Kier molecular flexibility index (Phi) is 4.35. The zero-order valence-electron chi connectivity index (χ0n) is 9.71. The molecule has 2 nitrogen and oxygen atoms in total. The van der Waals surface area contributed by atoms with Crippen molar-refractivity contribution in [2.75, 3.05) is 6.61 Å². The van der Waals surface area contributed by atoms with Crippen molar-refractivity contribution in [3.05, 3.63) is 0 Å². The van der Waals surface area contributed by atoms with Crippen molar-refractivity contribution in [3.63, 3.8) is 0 Å². The largest absolute Gasteiger partial charge is 0.367 e. The molecule has 84 valence electrons. The van der Waals surface area contributed by atoms with Gasteiger partial charge >= 0.3 is 0 Å². The van der Waals surface area contributed by atoms with E-state index in [1.165, 1.54) is 0 Å². The molecule has 0 amide bonds. The van der Waals surface area contributed by atoms with Crippen molar-refractivity contribution in [1.82, 2.24) is 0 Å². The SMILES string of the molecule is C#CCC(=O)C1(OCC)CCC(C)CC1. The van der Waals surface area contributed by atoms with Crippen LogP contribution in [0.4, 0.5) is 0 Å². The van der Waals surface area contributed by atoms with Crippen LogP contribution >= 0.6 is 0 Å². The lowest BCUT2D eigenvalue weighted by atomic mass is 9.76. The Hall–Kier alpha value is -0.810. The average Bonchev–Trinajstić information content (AvgIpc) is 2.22. The number of hydrogen-bond acceptors (Lipinski definition) is 2. The first-order chi connectivity index (χ1) is 7.14. The molecule has 0 heterocycles. The van der Waals surface area contributed by atoms with Crippen LogP contribution in [0.1, 0.15) is 46.0 Å². The molecule has 1 rings (SSSR count). The third-order valence-corrected chi connectivity index (χ3v) is 3.27. The second-order valence-corrected chi connectivity index (χ2v) is 4.41. The van der Waals surface area contributed by atoms with Crippen molar-refractivity contribution >= 4 is 5.78 Å². The predicted molar refractivity (Wildman–Crippen MR) is 60.4 cm³/mol. The summed E-state index contributed by atoms with van der Waals surface area (Å²) in [6, 6.07) is 0. The normalized spacial score (nSPS) is 30.9. The summed E-state index contributed by atoms with van der Waals surface area (Å²) in [6.07, 6.45) is 9.20. The molecule has 1 aliphatic carbocycles. The number of hydrogen-bond donors (Lipinski definition) is 0. The number of carbonyl (C=O) groups is 1. The van der Waals surface area contributed by atoms with Gasteiger partial charge in [-0.1, -0.05) is 12.8 Å². The van der Waals surface area contributed by atoms with Crippen molar-refractivity contribution in [3.8, 4) is 12.3 Å². The fraction of sp³-hybridized carbons (Fsp3) is 0.769. The van der Waals surface area contributed by atoms with Gasteiger partial charge < -0.3 is 4.74 Å². The van der Waals surface area contributed by atoms with Gasteiger partial charge in [-0.15, -0.1) is 6.42 Å². The summed E-state index contributed by atoms with van der Waals surface area (Å²) in [6.45, 7) is 4.75. The molecular formula is C13H20O2. The first-order valence-corrected chi connectivity index (χ1v) is 5.75. The van der Waals surface area contributed by atoms with E-state index >= 15 is 0 Å². The molecule has 0 aromatic heterocycles. The van der Waals surface area contributed by atoms with Gasteiger partial charge in [0.15, 0.2) is 5.78 Å². The van der Waals surface area contributed by atoms with Gasteiger partial charge in [0, 0.05) is 6.61 Å². The van der Waals surface area contributed by atoms with Gasteiger partial charge in [0.2, 0.25) is 0 Å². The minimum Gasteiger partial charge on any atom is -0.367 e. The van der Waals surface area contributed by atoms with E-state index in [4.69, 9.17) is 11.2 Å². The summed E-state index contributed by atoms with van der Waals surface area (Å²) >= 11 is 0. The highest BCUT2D eigenvalue weighted by atomic mass is 16.5. The Morgan fingerprint density at radius 3 is 2.60 bits per heavy atom. The van der Waals surface area contributed by atoms with Gasteiger partial charge in [-0.2, -0.15) is 0 Å². The van der Waals surface area contributed by atoms with Crippen molar-refractivity contribution in [2.24, 2.45) is 5.92 Å². The molecule has 15 heavy (non-hydrogen) atoms. The molecule has 1 saturated carbocycles. The van der Waals surface area contributed by atoms with E-state index in [0.717, 1.165) is 25.7 Å². The van der Waals surface area contributed by atoms with Gasteiger partial charge in [0.05, 0.1) is 6.42 Å². The van der Waals surface area contributed by atoms with E-state index in [-0.39, 0.29) is 12.2 Å². The number of carbonyl (C=O) groups excluding carboxylic acids is 1. The molecule has 0 aliphatic heterocycles. The monoisotopic (exact) mass is 208 g/mol. The Morgan fingerprint density at radius 1 is 1.53 bits per heavy atom. The molecule has 1 fully saturated rings. The van der Waals surface area contributed by atoms with Crippen LogP contribution in [0.25, 0.3) is 0 Å². The fourth-order valence-electron chi connectivity index (χ4n) is 2.26. The fourth-order valence-corrected chi connectivity index (χ4v) is 2.26. The van der Waals surface area contributed by atoms with E-state index < -0.39 is 5.60 Å². The van der Waals surface area contributed by atoms with Gasteiger partial charge in [0.25, 0.3) is 0 Å². The lowest BCUT2D eigenvalue weighted by Gasteiger charge is -2.37. The smallest absolute Gasteiger partial charge is 0.176 e. The zero-order chi connectivity index (χ0) is 11.3. The van der Waals surface area contributed by atoms with Crippen LogP contribution in [0.3, 0.4) is 0 Å². The summed E-state index contributed by atoms with van der Waals surface area (Å²) in [5.41, 5.74) is -0.562. The van der Waals surface area contributed by atoms with Gasteiger partial charge in [-0.05, 0) is 38.5 Å². The van der Waals surface area contributed by atoms with Gasteiger partial charge in [0.1, 0.15) is 5.60 Å². The standard InChI is InChI=1S/C13H20O2/c1-4-6-12(14)13(15-5-2)9-7-11(3)8-10-13/h1,11H,5-10H2,2-3H3. The molecule has 0 unspecified atom stereocenters. The number of ketones is 1. The Morgan fingerprint density at radius 2 is 2.13 bits per heavy atom. The highest BCUT2D eigenvalue weighted by Gasteiger charge is 2.40. The molecule has 2 heteroatoms. The molecule has 0 aromatic carbocycles. The lowest BCUT2D eigenvalue weighted by Crippen LogP contribution is -2.44. The molecule has 0 saturated heterocycles. The van der Waals surface area contributed by atoms with Crippen molar-refractivity contribution in [1.29, 1.82) is 0 Å². The maximum absolute atomic E-state index is 11.9. The third-order valence-electron chi connectivity index (χ3n) is 3.27. The summed E-state index contributed by atoms with van der Waals surface area (Å²) in [4.78, 5) is 11.9. The molecule has 0 N–H and O–H groups in total. The summed E-state index contributed by atoms with van der Waals surface area (Å²) in [5, 5.41) is 0. The van der Waals surface area contributed by atoms with Crippen LogP contribution in [0.15, 0.2) is 0 Å². The van der Waals surface area contributed by atoms with Gasteiger partial charge in [-0.25, -0.2) is 0 Å². The molecule has 0 radical (unpaired) electrons. The van der Waals surface area contributed by atoms with E-state index in [1.54, 1.807) is 0 Å². The molecule has 0 aromatic rings. The second-order valence-electron chi connectivity index (χ2n) is 4.41. The highest BCUT2D eigenvalue weighted by Crippen LogP contribution is 2.36. The highest BCUT2D eigenvalue weighted by molar-refractivity contribution is 5.89. The van der Waals surface area contributed by atoms with E-state index in [9.17, 15) is 4.79 Å². The van der Waals surface area contributed by atoms with Crippen LogP contribution in [-0.4, -0.2) is 18.0 Å².